The van der Waals surface area contributed by atoms with Gasteiger partial charge in [0.15, 0.2) is 6.04 Å². The molecule has 2 N–H and O–H groups in total. The summed E-state index contributed by atoms with van der Waals surface area (Å²) in [4.78, 5) is 18.2. The fourth-order valence-corrected chi connectivity index (χ4v) is 3.92. The van der Waals surface area contributed by atoms with E-state index in [1.54, 1.807) is 18.2 Å². The molecule has 170 valence electrons. The number of benzene rings is 1. The summed E-state index contributed by atoms with van der Waals surface area (Å²) in [6.45, 7) is 5.51. The summed E-state index contributed by atoms with van der Waals surface area (Å²) >= 11 is 0. The smallest absolute Gasteiger partial charge is 0.320 e. The van der Waals surface area contributed by atoms with Crippen LogP contribution in [0.3, 0.4) is 0 Å². The molecule has 0 bridgehead atoms. The molecule has 1 saturated carbocycles. The maximum absolute atomic E-state index is 14.4. The minimum absolute atomic E-state index is 0.0264. The predicted octanol–water partition coefficient (Wildman–Crippen LogP) is 4.92. The van der Waals surface area contributed by atoms with Crippen molar-refractivity contribution in [2.75, 3.05) is 0 Å². The Labute approximate surface area is 186 Å². The standard InChI is InChI=1S/C24H27F3N4O/c1-15(2)13-19(29)22(32)31(23(14-28)11-12-23)21(24(25,26)27)18-9-7-17(8-10-18)20-6-4-5-16(3)30-20/h4-10,15,19,21H,11-13,29H2,1-3H3/t19-,21-/m0/s1. The molecule has 1 amide bonds. The van der Waals surface area contributed by atoms with Crippen LogP contribution in [0.15, 0.2) is 42.5 Å². The number of hydrogen-bond acceptors (Lipinski definition) is 4. The number of pyridine rings is 1. The highest BCUT2D eigenvalue weighted by molar-refractivity contribution is 5.84. The number of nitrogens with two attached hydrogens (primary N) is 1. The molecule has 0 radical (unpaired) electrons. The van der Waals surface area contributed by atoms with Crippen LogP contribution in [-0.2, 0) is 4.79 Å². The lowest BCUT2D eigenvalue weighted by Gasteiger charge is -2.38. The van der Waals surface area contributed by atoms with Gasteiger partial charge in [0.25, 0.3) is 0 Å². The van der Waals surface area contributed by atoms with E-state index in [0.29, 0.717) is 16.2 Å². The summed E-state index contributed by atoms with van der Waals surface area (Å²) in [6, 6.07) is 9.82. The third-order valence-electron chi connectivity index (χ3n) is 5.65. The van der Waals surface area contributed by atoms with Crippen molar-refractivity contribution in [2.45, 2.75) is 63.8 Å². The summed E-state index contributed by atoms with van der Waals surface area (Å²) < 4.78 is 43.1. The van der Waals surface area contributed by atoms with Crippen LogP contribution in [0.25, 0.3) is 11.3 Å². The molecule has 1 heterocycles. The van der Waals surface area contributed by atoms with Gasteiger partial charge >= 0.3 is 6.18 Å². The normalized spacial score (nSPS) is 16.8. The molecule has 8 heteroatoms. The fourth-order valence-electron chi connectivity index (χ4n) is 3.92. The number of rotatable bonds is 7. The average Bonchev–Trinajstić information content (AvgIpc) is 3.51. The van der Waals surface area contributed by atoms with E-state index in [4.69, 9.17) is 5.73 Å². The molecule has 5 nitrogen and oxygen atoms in total. The number of nitriles is 1. The molecule has 1 fully saturated rings. The second-order valence-corrected chi connectivity index (χ2v) is 8.82. The van der Waals surface area contributed by atoms with Crippen molar-refractivity contribution in [2.24, 2.45) is 11.7 Å². The first-order valence-corrected chi connectivity index (χ1v) is 10.6. The van der Waals surface area contributed by atoms with Crippen molar-refractivity contribution in [3.8, 4) is 17.3 Å². The Morgan fingerprint density at radius 1 is 1.22 bits per heavy atom. The highest BCUT2D eigenvalue weighted by Crippen LogP contribution is 2.50. The summed E-state index contributed by atoms with van der Waals surface area (Å²) in [5.74, 6) is -0.817. The van der Waals surface area contributed by atoms with Crippen LogP contribution in [0.2, 0.25) is 0 Å². The quantitative estimate of drug-likeness (QED) is 0.657. The van der Waals surface area contributed by atoms with Crippen molar-refractivity contribution >= 4 is 5.91 Å². The van der Waals surface area contributed by atoms with Gasteiger partial charge in [0.2, 0.25) is 5.91 Å². The molecule has 0 saturated heterocycles. The van der Waals surface area contributed by atoms with E-state index < -0.39 is 29.7 Å². The number of alkyl halides is 3. The van der Waals surface area contributed by atoms with Gasteiger partial charge in [-0.25, -0.2) is 0 Å². The molecule has 1 aliphatic rings. The first kappa shape index (κ1) is 23.7. The fraction of sp³-hybridized carbons (Fsp3) is 0.458. The molecule has 2 aromatic rings. The van der Waals surface area contributed by atoms with Crippen LogP contribution in [0.4, 0.5) is 13.2 Å². The molecule has 3 rings (SSSR count). The summed E-state index contributed by atoms with van der Waals surface area (Å²) in [6.07, 6.45) is -4.15. The van der Waals surface area contributed by atoms with Gasteiger partial charge in [-0.2, -0.15) is 18.4 Å². The zero-order chi connectivity index (χ0) is 23.7. The molecule has 0 spiro atoms. The van der Waals surface area contributed by atoms with E-state index in [1.807, 2.05) is 39.0 Å². The maximum Gasteiger partial charge on any atom is 0.413 e. The van der Waals surface area contributed by atoms with E-state index in [-0.39, 0.29) is 30.7 Å². The van der Waals surface area contributed by atoms with Gasteiger partial charge in [0.1, 0.15) is 5.54 Å². The van der Waals surface area contributed by atoms with Crippen LogP contribution in [0.5, 0.6) is 0 Å². The SMILES string of the molecule is Cc1cccc(-c2ccc([C@H](N(C(=O)[C@@H](N)CC(C)C)C3(C#N)CC3)C(F)(F)F)cc2)n1. The topological polar surface area (TPSA) is 83.0 Å². The van der Waals surface area contributed by atoms with Crippen molar-refractivity contribution in [3.63, 3.8) is 0 Å². The van der Waals surface area contributed by atoms with Crippen LogP contribution in [0, 0.1) is 24.2 Å². The van der Waals surface area contributed by atoms with Crippen LogP contribution in [0.1, 0.15) is 50.4 Å². The summed E-state index contributed by atoms with van der Waals surface area (Å²) in [5.41, 5.74) is 6.50. The lowest BCUT2D eigenvalue weighted by molar-refractivity contribution is -0.197. The third-order valence-corrected chi connectivity index (χ3v) is 5.65. The molecular weight excluding hydrogens is 417 g/mol. The average molecular weight is 445 g/mol. The Morgan fingerprint density at radius 2 is 1.84 bits per heavy atom. The van der Waals surface area contributed by atoms with E-state index >= 15 is 0 Å². The van der Waals surface area contributed by atoms with E-state index in [1.165, 1.54) is 12.1 Å². The second kappa shape index (κ2) is 8.91. The number of nitrogens with zero attached hydrogens (tertiary/aromatic N) is 3. The molecule has 0 unspecified atom stereocenters. The van der Waals surface area contributed by atoms with E-state index in [9.17, 15) is 23.2 Å². The number of carbonyl (C=O) groups is 1. The van der Waals surface area contributed by atoms with Crippen molar-refractivity contribution in [1.29, 1.82) is 5.26 Å². The Balaban J connectivity index is 2.03. The van der Waals surface area contributed by atoms with Gasteiger partial charge in [-0.15, -0.1) is 0 Å². The van der Waals surface area contributed by atoms with Gasteiger partial charge < -0.3 is 10.6 Å². The molecular formula is C24H27F3N4O. The lowest BCUT2D eigenvalue weighted by atomic mass is 9.96. The van der Waals surface area contributed by atoms with Crippen molar-refractivity contribution < 1.29 is 18.0 Å². The van der Waals surface area contributed by atoms with Gasteiger partial charge in [0.05, 0.1) is 17.8 Å². The largest absolute Gasteiger partial charge is 0.413 e. The second-order valence-electron chi connectivity index (χ2n) is 8.82. The maximum atomic E-state index is 14.4. The Kier molecular flexibility index (Phi) is 6.61. The highest BCUT2D eigenvalue weighted by atomic mass is 19.4. The zero-order valence-corrected chi connectivity index (χ0v) is 18.4. The van der Waals surface area contributed by atoms with Gasteiger partial charge in [0, 0.05) is 11.3 Å². The Morgan fingerprint density at radius 3 is 2.31 bits per heavy atom. The number of halogens is 3. The van der Waals surface area contributed by atoms with Crippen LogP contribution >= 0.6 is 0 Å². The minimum atomic E-state index is -4.78. The molecule has 32 heavy (non-hydrogen) atoms. The number of aromatic nitrogens is 1. The zero-order valence-electron chi connectivity index (χ0n) is 18.4. The molecule has 1 aliphatic carbocycles. The molecule has 0 aliphatic heterocycles. The molecule has 1 aromatic heterocycles. The minimum Gasteiger partial charge on any atom is -0.320 e. The monoisotopic (exact) mass is 444 g/mol. The van der Waals surface area contributed by atoms with E-state index in [0.717, 1.165) is 5.69 Å². The van der Waals surface area contributed by atoms with E-state index in [2.05, 4.69) is 4.98 Å². The van der Waals surface area contributed by atoms with Gasteiger partial charge in [-0.3, -0.25) is 9.78 Å². The van der Waals surface area contributed by atoms with Crippen LogP contribution in [-0.4, -0.2) is 33.5 Å². The lowest BCUT2D eigenvalue weighted by Crippen LogP contribution is -2.54. The summed E-state index contributed by atoms with van der Waals surface area (Å²) in [5, 5.41) is 9.66. The number of aryl methyl sites for hydroxylation is 1. The third kappa shape index (κ3) is 4.94. The number of hydrogen-bond donors (Lipinski definition) is 1. The highest BCUT2D eigenvalue weighted by Gasteiger charge is 2.60. The van der Waals surface area contributed by atoms with Crippen molar-refractivity contribution in [1.82, 2.24) is 9.88 Å². The van der Waals surface area contributed by atoms with Gasteiger partial charge in [-0.1, -0.05) is 44.2 Å². The Bertz CT molecular complexity index is 1010. The number of amides is 1. The predicted molar refractivity (Wildman–Crippen MR) is 115 cm³/mol. The molecule has 1 aromatic carbocycles. The summed E-state index contributed by atoms with van der Waals surface area (Å²) in [7, 11) is 0. The van der Waals surface area contributed by atoms with Gasteiger partial charge in [-0.05, 0) is 49.8 Å². The first-order chi connectivity index (χ1) is 15.0. The number of carbonyl (C=O) groups excluding carboxylic acids is 1. The van der Waals surface area contributed by atoms with Crippen LogP contribution < -0.4 is 5.73 Å². The Hall–Kier alpha value is -2.92. The molecule has 2 atom stereocenters. The first-order valence-electron chi connectivity index (χ1n) is 10.6. The van der Waals surface area contributed by atoms with Crippen molar-refractivity contribution in [3.05, 3.63) is 53.7 Å².